The molecule has 0 saturated carbocycles. The molecule has 1 aliphatic carbocycles. The van der Waals surface area contributed by atoms with Gasteiger partial charge in [0.2, 0.25) is 0 Å². The van der Waals surface area contributed by atoms with Crippen molar-refractivity contribution in [2.45, 2.75) is 6.42 Å². The van der Waals surface area contributed by atoms with Crippen LogP contribution in [-0.4, -0.2) is 5.11 Å². The van der Waals surface area contributed by atoms with Gasteiger partial charge in [-0.2, -0.15) is 0 Å². The molecule has 1 nitrogen and oxygen atoms in total. The Balaban J connectivity index is 2.73. The smallest absolute Gasteiger partial charge is 0.115 e. The summed E-state index contributed by atoms with van der Waals surface area (Å²) in [6.45, 7) is 0. The zero-order valence-electron chi connectivity index (χ0n) is 4.54. The summed E-state index contributed by atoms with van der Waals surface area (Å²) < 4.78 is 0. The Morgan fingerprint density at radius 2 is 2.25 bits per heavy atom. The van der Waals surface area contributed by atoms with Crippen LogP contribution in [0.4, 0.5) is 0 Å². The second-order valence-corrected chi connectivity index (χ2v) is 1.66. The zero-order chi connectivity index (χ0) is 5.82. The van der Waals surface area contributed by atoms with Crippen molar-refractivity contribution < 1.29 is 5.11 Å². The quantitative estimate of drug-likeness (QED) is 0.502. The van der Waals surface area contributed by atoms with Crippen molar-refractivity contribution in [3.8, 4) is 0 Å². The van der Waals surface area contributed by atoms with Crippen LogP contribution in [0.1, 0.15) is 6.42 Å². The van der Waals surface area contributed by atoms with Gasteiger partial charge in [0.25, 0.3) is 0 Å². The number of allylic oxidation sites excluding steroid dienone is 5. The van der Waals surface area contributed by atoms with Crippen LogP contribution in [0.25, 0.3) is 0 Å². The molecule has 0 aromatic rings. The molecule has 1 aliphatic rings. The van der Waals surface area contributed by atoms with E-state index in [0.29, 0.717) is 5.76 Å². The summed E-state index contributed by atoms with van der Waals surface area (Å²) in [6.07, 6.45) is 10.0. The maximum Gasteiger partial charge on any atom is 0.115 e. The minimum absolute atomic E-state index is 0.332. The number of hydrogen-bond donors (Lipinski definition) is 1. The van der Waals surface area contributed by atoms with Gasteiger partial charge in [-0.05, 0) is 18.6 Å². The van der Waals surface area contributed by atoms with E-state index in [-0.39, 0.29) is 0 Å². The van der Waals surface area contributed by atoms with Crippen molar-refractivity contribution in [3.63, 3.8) is 0 Å². The predicted octanol–water partition coefficient (Wildman–Crippen LogP) is 1.94. The predicted molar refractivity (Wildman–Crippen MR) is 33.6 cm³/mol. The maximum absolute atomic E-state index is 8.81. The van der Waals surface area contributed by atoms with Gasteiger partial charge in [-0.25, -0.2) is 0 Å². The van der Waals surface area contributed by atoms with Gasteiger partial charge < -0.3 is 5.11 Å². The third-order valence-corrected chi connectivity index (χ3v) is 0.964. The average molecular weight is 108 g/mol. The summed E-state index contributed by atoms with van der Waals surface area (Å²) in [5.74, 6) is 0.332. The van der Waals surface area contributed by atoms with Gasteiger partial charge >= 0.3 is 0 Å². The summed E-state index contributed by atoms with van der Waals surface area (Å²) in [6, 6.07) is 0. The second-order valence-electron chi connectivity index (χ2n) is 1.66. The Kier molecular flexibility index (Phi) is 1.52. The molecule has 0 amide bonds. The van der Waals surface area contributed by atoms with Crippen molar-refractivity contribution >= 4 is 0 Å². The van der Waals surface area contributed by atoms with E-state index in [0.717, 1.165) is 6.42 Å². The third kappa shape index (κ3) is 1.26. The summed E-state index contributed by atoms with van der Waals surface area (Å²) in [4.78, 5) is 0. The van der Waals surface area contributed by atoms with Crippen molar-refractivity contribution in [1.29, 1.82) is 0 Å². The Morgan fingerprint density at radius 3 is 3.12 bits per heavy atom. The van der Waals surface area contributed by atoms with Gasteiger partial charge in [-0.3, -0.25) is 0 Å². The molecule has 1 N–H and O–H groups in total. The highest BCUT2D eigenvalue weighted by Gasteiger charge is 1.83. The molecular weight excluding hydrogens is 100 g/mol. The highest BCUT2D eigenvalue weighted by Crippen LogP contribution is 1.99. The van der Waals surface area contributed by atoms with Crippen molar-refractivity contribution in [2.24, 2.45) is 0 Å². The average Bonchev–Trinajstić information content (AvgIpc) is 1.94. The first-order valence-electron chi connectivity index (χ1n) is 2.62. The van der Waals surface area contributed by atoms with Crippen LogP contribution < -0.4 is 0 Å². The van der Waals surface area contributed by atoms with Gasteiger partial charge in [0.15, 0.2) is 0 Å². The molecule has 0 aliphatic heterocycles. The van der Waals surface area contributed by atoms with E-state index in [1.165, 1.54) is 0 Å². The van der Waals surface area contributed by atoms with Crippen LogP contribution in [0, 0.1) is 0 Å². The Hall–Kier alpha value is -0.980. The molecule has 8 heavy (non-hydrogen) atoms. The van der Waals surface area contributed by atoms with Gasteiger partial charge in [0.1, 0.15) is 5.76 Å². The molecule has 1 rings (SSSR count). The molecule has 0 aromatic carbocycles. The van der Waals surface area contributed by atoms with Crippen LogP contribution in [0.5, 0.6) is 0 Å². The molecule has 0 aromatic heterocycles. The number of aliphatic hydroxyl groups is 1. The third-order valence-electron chi connectivity index (χ3n) is 0.964. The van der Waals surface area contributed by atoms with E-state index in [1.807, 2.05) is 18.2 Å². The largest absolute Gasteiger partial charge is 0.508 e. The van der Waals surface area contributed by atoms with E-state index in [2.05, 4.69) is 0 Å². The maximum atomic E-state index is 8.81. The molecule has 0 spiro atoms. The first-order valence-corrected chi connectivity index (χ1v) is 2.62. The van der Waals surface area contributed by atoms with Gasteiger partial charge in [0.05, 0.1) is 0 Å². The fourth-order valence-electron chi connectivity index (χ4n) is 0.568. The summed E-state index contributed by atoms with van der Waals surface area (Å²) >= 11 is 0. The topological polar surface area (TPSA) is 20.2 Å². The zero-order valence-corrected chi connectivity index (χ0v) is 4.54. The second kappa shape index (κ2) is 2.36. The fourth-order valence-corrected chi connectivity index (χ4v) is 0.568. The Labute approximate surface area is 48.6 Å². The molecular formula is C7H8O. The van der Waals surface area contributed by atoms with Gasteiger partial charge in [-0.1, -0.05) is 18.2 Å². The molecule has 0 bridgehead atoms. The fraction of sp³-hybridized carbons (Fsp3) is 0.143. The summed E-state index contributed by atoms with van der Waals surface area (Å²) in [7, 11) is 0. The first kappa shape index (κ1) is 5.16. The minimum atomic E-state index is 0.332. The van der Waals surface area contributed by atoms with E-state index < -0.39 is 0 Å². The SMILES string of the molecule is OC1=CC=CCC=C1. The van der Waals surface area contributed by atoms with Crippen LogP contribution >= 0.6 is 0 Å². The van der Waals surface area contributed by atoms with Crippen LogP contribution in [0.15, 0.2) is 36.1 Å². The molecule has 0 saturated heterocycles. The van der Waals surface area contributed by atoms with E-state index in [1.54, 1.807) is 12.2 Å². The van der Waals surface area contributed by atoms with Crippen LogP contribution in [0.2, 0.25) is 0 Å². The lowest BCUT2D eigenvalue weighted by Gasteiger charge is -1.81. The van der Waals surface area contributed by atoms with Gasteiger partial charge in [-0.15, -0.1) is 0 Å². The van der Waals surface area contributed by atoms with Crippen molar-refractivity contribution in [3.05, 3.63) is 36.1 Å². The lowest BCUT2D eigenvalue weighted by molar-refractivity contribution is 0.432. The number of aliphatic hydroxyl groups excluding tert-OH is 1. The highest BCUT2D eigenvalue weighted by atomic mass is 16.3. The Bertz CT molecular complexity index is 152. The lowest BCUT2D eigenvalue weighted by atomic mass is 10.4. The standard InChI is InChI=1S/C7H8O/c8-7-5-3-1-2-4-6-7/h1,3-6,8H,2H2. The van der Waals surface area contributed by atoms with Crippen LogP contribution in [0.3, 0.4) is 0 Å². The monoisotopic (exact) mass is 108 g/mol. The molecule has 42 valence electrons. The van der Waals surface area contributed by atoms with E-state index in [9.17, 15) is 0 Å². The number of hydrogen-bond acceptors (Lipinski definition) is 1. The van der Waals surface area contributed by atoms with E-state index >= 15 is 0 Å². The molecule has 0 fully saturated rings. The van der Waals surface area contributed by atoms with E-state index in [4.69, 9.17) is 5.11 Å². The molecule has 0 radical (unpaired) electrons. The molecule has 0 unspecified atom stereocenters. The van der Waals surface area contributed by atoms with Crippen molar-refractivity contribution in [1.82, 2.24) is 0 Å². The van der Waals surface area contributed by atoms with Crippen LogP contribution in [-0.2, 0) is 0 Å². The number of rotatable bonds is 0. The van der Waals surface area contributed by atoms with Gasteiger partial charge in [0, 0.05) is 0 Å². The first-order chi connectivity index (χ1) is 3.89. The van der Waals surface area contributed by atoms with Crippen molar-refractivity contribution in [2.75, 3.05) is 0 Å². The normalized spacial score (nSPS) is 17.8. The lowest BCUT2D eigenvalue weighted by Crippen LogP contribution is -1.66. The summed E-state index contributed by atoms with van der Waals surface area (Å²) in [5, 5.41) is 8.81. The molecule has 0 heterocycles. The molecule has 1 heteroatoms. The molecule has 0 atom stereocenters. The summed E-state index contributed by atoms with van der Waals surface area (Å²) in [5.41, 5.74) is 0. The Morgan fingerprint density at radius 1 is 1.38 bits per heavy atom. The minimum Gasteiger partial charge on any atom is -0.508 e. The highest BCUT2D eigenvalue weighted by molar-refractivity contribution is 5.21.